The molecule has 0 spiro atoms. The van der Waals surface area contributed by atoms with Crippen molar-refractivity contribution in [2.75, 3.05) is 13.6 Å². The minimum Gasteiger partial charge on any atom is -0.389 e. The van der Waals surface area contributed by atoms with Crippen LogP contribution >= 0.6 is 0 Å². The third kappa shape index (κ3) is 5.04. The summed E-state index contributed by atoms with van der Waals surface area (Å²) in [6, 6.07) is 4.56. The van der Waals surface area contributed by atoms with Gasteiger partial charge in [-0.2, -0.15) is 18.2 Å². The van der Waals surface area contributed by atoms with E-state index in [1.807, 2.05) is 4.90 Å². The molecule has 0 bridgehead atoms. The molecule has 5 nitrogen and oxygen atoms in total. The van der Waals surface area contributed by atoms with Crippen molar-refractivity contribution in [2.45, 2.75) is 32.2 Å². The molecular formula is C15H18F3N3O2. The van der Waals surface area contributed by atoms with Gasteiger partial charge in [-0.1, -0.05) is 17.3 Å². The van der Waals surface area contributed by atoms with Gasteiger partial charge in [-0.25, -0.2) is 0 Å². The van der Waals surface area contributed by atoms with Gasteiger partial charge in [-0.05, 0) is 33.0 Å². The molecule has 0 aliphatic heterocycles. The minimum absolute atomic E-state index is 0.227. The first-order chi connectivity index (χ1) is 10.5. The van der Waals surface area contributed by atoms with Crippen molar-refractivity contribution in [3.8, 4) is 11.4 Å². The van der Waals surface area contributed by atoms with E-state index in [1.54, 1.807) is 20.9 Å². The van der Waals surface area contributed by atoms with Crippen LogP contribution in [0.5, 0.6) is 0 Å². The van der Waals surface area contributed by atoms with Crippen LogP contribution in [0.25, 0.3) is 11.4 Å². The smallest absolute Gasteiger partial charge is 0.389 e. The first-order valence-electron chi connectivity index (χ1n) is 6.96. The monoisotopic (exact) mass is 329 g/mol. The second-order valence-corrected chi connectivity index (χ2v) is 6.07. The third-order valence-electron chi connectivity index (χ3n) is 3.00. The largest absolute Gasteiger partial charge is 0.416 e. The lowest BCUT2D eigenvalue weighted by molar-refractivity contribution is -0.137. The zero-order valence-electron chi connectivity index (χ0n) is 13.1. The number of hydrogen-bond donors (Lipinski definition) is 1. The molecule has 0 aliphatic rings. The zero-order chi connectivity index (χ0) is 17.3. The van der Waals surface area contributed by atoms with Crippen molar-refractivity contribution < 1.29 is 22.8 Å². The summed E-state index contributed by atoms with van der Waals surface area (Å²) in [6.45, 7) is 4.11. The van der Waals surface area contributed by atoms with Crippen LogP contribution in [0.3, 0.4) is 0 Å². The molecule has 1 aromatic carbocycles. The fraction of sp³-hybridized carbons (Fsp3) is 0.467. The summed E-state index contributed by atoms with van der Waals surface area (Å²) in [6.07, 6.45) is -4.37. The summed E-state index contributed by atoms with van der Waals surface area (Å²) >= 11 is 0. The number of aliphatic hydroxyl groups is 1. The molecule has 2 rings (SSSR count). The van der Waals surface area contributed by atoms with E-state index in [1.165, 1.54) is 12.1 Å². The molecule has 126 valence electrons. The van der Waals surface area contributed by atoms with Crippen LogP contribution in [0.15, 0.2) is 28.8 Å². The van der Waals surface area contributed by atoms with Gasteiger partial charge < -0.3 is 9.63 Å². The Morgan fingerprint density at radius 3 is 2.30 bits per heavy atom. The molecule has 0 atom stereocenters. The Morgan fingerprint density at radius 1 is 1.17 bits per heavy atom. The summed E-state index contributed by atoms with van der Waals surface area (Å²) in [7, 11) is 1.79. The maximum absolute atomic E-state index is 12.5. The van der Waals surface area contributed by atoms with Crippen LogP contribution in [0, 0.1) is 0 Å². The SMILES string of the molecule is CN(Cc1nc(-c2ccc(C(F)(F)F)cc2)no1)CC(C)(C)O. The normalized spacial score (nSPS) is 12.9. The van der Waals surface area contributed by atoms with Gasteiger partial charge in [-0.15, -0.1) is 0 Å². The summed E-state index contributed by atoms with van der Waals surface area (Å²) in [5, 5.41) is 13.5. The van der Waals surface area contributed by atoms with Crippen molar-refractivity contribution in [1.82, 2.24) is 15.0 Å². The Balaban J connectivity index is 2.07. The lowest BCUT2D eigenvalue weighted by Gasteiger charge is -2.23. The molecule has 1 heterocycles. The van der Waals surface area contributed by atoms with Crippen LogP contribution in [-0.4, -0.2) is 39.3 Å². The number of rotatable bonds is 5. The van der Waals surface area contributed by atoms with Crippen LogP contribution in [-0.2, 0) is 12.7 Å². The topological polar surface area (TPSA) is 62.4 Å². The summed E-state index contributed by atoms with van der Waals surface area (Å²) < 4.78 is 42.7. The summed E-state index contributed by atoms with van der Waals surface area (Å²) in [4.78, 5) is 5.97. The van der Waals surface area contributed by atoms with Gasteiger partial charge in [0.05, 0.1) is 17.7 Å². The molecule has 0 saturated carbocycles. The van der Waals surface area contributed by atoms with Crippen molar-refractivity contribution in [2.24, 2.45) is 0 Å². The van der Waals surface area contributed by atoms with Crippen LogP contribution in [0.1, 0.15) is 25.3 Å². The van der Waals surface area contributed by atoms with Crippen molar-refractivity contribution in [1.29, 1.82) is 0 Å². The number of halogens is 3. The minimum atomic E-state index is -4.37. The average Bonchev–Trinajstić information content (AvgIpc) is 2.84. The highest BCUT2D eigenvalue weighted by Gasteiger charge is 2.30. The second kappa shape index (κ2) is 6.29. The Bertz CT molecular complexity index is 645. The average molecular weight is 329 g/mol. The Morgan fingerprint density at radius 2 is 1.78 bits per heavy atom. The maximum atomic E-state index is 12.5. The van der Waals surface area contributed by atoms with Gasteiger partial charge >= 0.3 is 6.18 Å². The van der Waals surface area contributed by atoms with E-state index < -0.39 is 17.3 Å². The molecule has 1 N–H and O–H groups in total. The van der Waals surface area contributed by atoms with E-state index in [2.05, 4.69) is 10.1 Å². The first-order valence-corrected chi connectivity index (χ1v) is 6.96. The van der Waals surface area contributed by atoms with E-state index in [9.17, 15) is 18.3 Å². The molecular weight excluding hydrogens is 311 g/mol. The Labute approximate surface area is 131 Å². The quantitative estimate of drug-likeness (QED) is 0.914. The zero-order valence-corrected chi connectivity index (χ0v) is 13.1. The lowest BCUT2D eigenvalue weighted by Crippen LogP contribution is -2.35. The fourth-order valence-corrected chi connectivity index (χ4v) is 2.19. The highest BCUT2D eigenvalue weighted by Crippen LogP contribution is 2.30. The van der Waals surface area contributed by atoms with E-state index in [0.29, 0.717) is 24.5 Å². The molecule has 0 saturated heterocycles. The van der Waals surface area contributed by atoms with Crippen molar-refractivity contribution in [3.05, 3.63) is 35.7 Å². The van der Waals surface area contributed by atoms with Crippen molar-refractivity contribution >= 4 is 0 Å². The predicted octanol–water partition coefficient (Wildman–Crippen LogP) is 2.96. The number of alkyl halides is 3. The van der Waals surface area contributed by atoms with Gasteiger partial charge in [0.15, 0.2) is 0 Å². The molecule has 23 heavy (non-hydrogen) atoms. The van der Waals surface area contributed by atoms with Crippen LogP contribution < -0.4 is 0 Å². The van der Waals surface area contributed by atoms with E-state index in [-0.39, 0.29) is 5.82 Å². The molecule has 0 amide bonds. The number of aromatic nitrogens is 2. The first kappa shape index (κ1) is 17.4. The van der Waals surface area contributed by atoms with E-state index >= 15 is 0 Å². The lowest BCUT2D eigenvalue weighted by atomic mass is 10.1. The third-order valence-corrected chi connectivity index (χ3v) is 3.00. The highest BCUT2D eigenvalue weighted by molar-refractivity contribution is 5.54. The highest BCUT2D eigenvalue weighted by atomic mass is 19.4. The second-order valence-electron chi connectivity index (χ2n) is 6.07. The number of likely N-dealkylation sites (N-methyl/N-ethyl adjacent to an activating group) is 1. The van der Waals surface area contributed by atoms with Gasteiger partial charge in [0.25, 0.3) is 0 Å². The summed E-state index contributed by atoms with van der Waals surface area (Å²) in [5.74, 6) is 0.553. The Hall–Kier alpha value is -1.93. The molecule has 0 radical (unpaired) electrons. The number of hydrogen-bond acceptors (Lipinski definition) is 5. The fourth-order valence-electron chi connectivity index (χ4n) is 2.19. The Kier molecular flexibility index (Phi) is 4.76. The molecule has 0 unspecified atom stereocenters. The van der Waals surface area contributed by atoms with Gasteiger partial charge in [0.1, 0.15) is 0 Å². The van der Waals surface area contributed by atoms with Crippen LogP contribution in [0.2, 0.25) is 0 Å². The molecule has 1 aromatic heterocycles. The summed E-state index contributed by atoms with van der Waals surface area (Å²) in [5.41, 5.74) is -1.14. The van der Waals surface area contributed by atoms with Gasteiger partial charge in [-0.3, -0.25) is 4.90 Å². The molecule has 0 aliphatic carbocycles. The van der Waals surface area contributed by atoms with Crippen LogP contribution in [0.4, 0.5) is 13.2 Å². The van der Waals surface area contributed by atoms with Crippen molar-refractivity contribution in [3.63, 3.8) is 0 Å². The molecule has 2 aromatic rings. The van der Waals surface area contributed by atoms with E-state index in [0.717, 1.165) is 12.1 Å². The predicted molar refractivity (Wildman–Crippen MR) is 77.4 cm³/mol. The number of nitrogens with zero attached hydrogens (tertiary/aromatic N) is 3. The molecule has 8 heteroatoms. The molecule has 0 fully saturated rings. The van der Waals surface area contributed by atoms with Gasteiger partial charge in [0.2, 0.25) is 11.7 Å². The number of benzene rings is 1. The van der Waals surface area contributed by atoms with E-state index in [4.69, 9.17) is 4.52 Å². The standard InChI is InChI=1S/C15H18F3N3O2/c1-14(2,22)9-21(3)8-12-19-13(20-23-12)10-4-6-11(7-5-10)15(16,17)18/h4-7,22H,8-9H2,1-3H3. The van der Waals surface area contributed by atoms with Gasteiger partial charge in [0, 0.05) is 12.1 Å². The maximum Gasteiger partial charge on any atom is 0.416 e.